The molecule has 2 aromatic heterocycles. The molecule has 0 spiro atoms. The predicted molar refractivity (Wildman–Crippen MR) is 135 cm³/mol. The van der Waals surface area contributed by atoms with E-state index in [0.717, 1.165) is 69.2 Å². The zero-order chi connectivity index (χ0) is 35.5. The van der Waals surface area contributed by atoms with Gasteiger partial charge in [-0.25, -0.2) is 14.4 Å². The van der Waals surface area contributed by atoms with Crippen molar-refractivity contribution in [3.63, 3.8) is 0 Å². The molecule has 2 aliphatic rings. The van der Waals surface area contributed by atoms with Crippen molar-refractivity contribution in [2.75, 3.05) is 39.8 Å². The number of rotatable bonds is 3. The maximum absolute atomic E-state index is 12.8. The van der Waals surface area contributed by atoms with E-state index in [0.29, 0.717) is 5.69 Å². The van der Waals surface area contributed by atoms with E-state index in [9.17, 15) is 44.3 Å². The standard InChI is InChI=1S/C18H24N6O.3C2HF3O2/c1-22-8-10-24(11-9-22)18(25)17-15-5-7-23(13-16(15)20-21-17)12-14-4-2-3-6-19-14;3*3-2(4,5)1(6)7/h2-4,6H,5,7-13H2,1H3,(H,20,21);3*(H,6,7). The van der Waals surface area contributed by atoms with Crippen LogP contribution < -0.4 is 0 Å². The molecule has 2 aliphatic heterocycles. The predicted octanol–water partition coefficient (Wildman–Crippen LogP) is 2.65. The SMILES string of the molecule is CN1CCN(C(=O)c2n[nH]c3c2CCN(Cc2ccccn2)C3)CC1.O=C(O)C(F)(F)F.O=C(O)C(F)(F)F.O=C(O)C(F)(F)F. The fourth-order valence-electron chi connectivity index (χ4n) is 3.57. The fourth-order valence-corrected chi connectivity index (χ4v) is 3.57. The number of carboxylic acids is 3. The number of carbonyl (C=O) groups excluding carboxylic acids is 1. The van der Waals surface area contributed by atoms with Gasteiger partial charge in [-0.1, -0.05) is 6.07 Å². The highest BCUT2D eigenvalue weighted by atomic mass is 19.4. The van der Waals surface area contributed by atoms with Crippen LogP contribution >= 0.6 is 0 Å². The van der Waals surface area contributed by atoms with Gasteiger partial charge < -0.3 is 25.1 Å². The van der Waals surface area contributed by atoms with Crippen molar-refractivity contribution in [3.05, 3.63) is 47.0 Å². The number of carbonyl (C=O) groups is 4. The number of carboxylic acid groups (broad SMARTS) is 3. The molecule has 4 N–H and O–H groups in total. The second kappa shape index (κ2) is 16.7. The normalized spacial score (nSPS) is 15.5. The summed E-state index contributed by atoms with van der Waals surface area (Å²) in [4.78, 5) is 50.4. The minimum atomic E-state index is -5.08. The largest absolute Gasteiger partial charge is 0.490 e. The van der Waals surface area contributed by atoms with E-state index in [1.165, 1.54) is 0 Å². The van der Waals surface area contributed by atoms with Crippen molar-refractivity contribution in [1.29, 1.82) is 0 Å². The number of alkyl halides is 9. The summed E-state index contributed by atoms with van der Waals surface area (Å²) < 4.78 is 95.2. The molecule has 1 amide bonds. The van der Waals surface area contributed by atoms with Gasteiger partial charge in [-0.2, -0.15) is 44.6 Å². The van der Waals surface area contributed by atoms with Crippen LogP contribution in [0.15, 0.2) is 24.4 Å². The smallest absolute Gasteiger partial charge is 0.475 e. The number of aromatic nitrogens is 3. The van der Waals surface area contributed by atoms with Crippen LogP contribution in [0.25, 0.3) is 0 Å². The number of H-pyrrole nitrogens is 1. The highest BCUT2D eigenvalue weighted by molar-refractivity contribution is 5.94. The molecule has 0 atom stereocenters. The lowest BCUT2D eigenvalue weighted by Crippen LogP contribution is -2.47. The molecule has 4 rings (SSSR count). The maximum Gasteiger partial charge on any atom is 0.490 e. The van der Waals surface area contributed by atoms with E-state index < -0.39 is 36.4 Å². The molecule has 1 saturated heterocycles. The lowest BCUT2D eigenvalue weighted by molar-refractivity contribution is -0.193. The van der Waals surface area contributed by atoms with Gasteiger partial charge >= 0.3 is 36.4 Å². The molecule has 0 radical (unpaired) electrons. The van der Waals surface area contributed by atoms with Crippen LogP contribution in [-0.4, -0.2) is 127 Å². The summed E-state index contributed by atoms with van der Waals surface area (Å²) in [7, 11) is 2.09. The minimum Gasteiger partial charge on any atom is -0.475 e. The molecule has 13 nitrogen and oxygen atoms in total. The Morgan fingerprint density at radius 2 is 1.28 bits per heavy atom. The summed E-state index contributed by atoms with van der Waals surface area (Å²) in [5, 5.41) is 28.8. The molecule has 258 valence electrons. The van der Waals surface area contributed by atoms with Crippen molar-refractivity contribution in [2.24, 2.45) is 0 Å². The van der Waals surface area contributed by atoms with Crippen molar-refractivity contribution in [2.45, 2.75) is 38.0 Å². The molecule has 0 bridgehead atoms. The molecule has 0 aromatic carbocycles. The van der Waals surface area contributed by atoms with Gasteiger partial charge in [0.25, 0.3) is 5.91 Å². The first-order valence-electron chi connectivity index (χ1n) is 12.6. The summed E-state index contributed by atoms with van der Waals surface area (Å²) in [5.41, 5.74) is 3.86. The average molecular weight is 682 g/mol. The molecular formula is C24H27F9N6O7. The van der Waals surface area contributed by atoms with Gasteiger partial charge in [0.15, 0.2) is 5.69 Å². The maximum atomic E-state index is 12.8. The summed E-state index contributed by atoms with van der Waals surface area (Å²) in [5.74, 6) is -8.20. The third-order valence-corrected chi connectivity index (χ3v) is 5.84. The molecule has 4 heterocycles. The van der Waals surface area contributed by atoms with Gasteiger partial charge in [0.05, 0.1) is 11.4 Å². The van der Waals surface area contributed by atoms with Gasteiger partial charge in [0.2, 0.25) is 0 Å². The molecule has 2 aromatic rings. The third kappa shape index (κ3) is 13.7. The van der Waals surface area contributed by atoms with Crippen molar-refractivity contribution in [3.8, 4) is 0 Å². The van der Waals surface area contributed by atoms with Crippen LogP contribution in [0.2, 0.25) is 0 Å². The Hall–Kier alpha value is -4.47. The van der Waals surface area contributed by atoms with Crippen LogP contribution in [0.3, 0.4) is 0 Å². The molecule has 0 unspecified atom stereocenters. The zero-order valence-corrected chi connectivity index (χ0v) is 23.6. The number of piperazine rings is 1. The third-order valence-electron chi connectivity index (χ3n) is 5.84. The Bertz CT molecular complexity index is 1250. The minimum absolute atomic E-state index is 0.0729. The summed E-state index contributed by atoms with van der Waals surface area (Å²) >= 11 is 0. The number of aliphatic carboxylic acids is 3. The van der Waals surface area contributed by atoms with Gasteiger partial charge in [-0.3, -0.25) is 19.8 Å². The Morgan fingerprint density at radius 3 is 1.70 bits per heavy atom. The molecule has 46 heavy (non-hydrogen) atoms. The number of nitrogens with zero attached hydrogens (tertiary/aromatic N) is 5. The number of hydrogen-bond donors (Lipinski definition) is 4. The fraction of sp³-hybridized carbons (Fsp3) is 0.500. The molecule has 0 saturated carbocycles. The molecular weight excluding hydrogens is 655 g/mol. The van der Waals surface area contributed by atoms with E-state index in [4.69, 9.17) is 29.7 Å². The van der Waals surface area contributed by atoms with Crippen LogP contribution in [0, 0.1) is 0 Å². The van der Waals surface area contributed by atoms with Crippen molar-refractivity contribution < 1.29 is 74.0 Å². The number of likely N-dealkylation sites (N-methyl/N-ethyl adjacent to an activating group) is 1. The van der Waals surface area contributed by atoms with Gasteiger partial charge in [-0.05, 0) is 25.6 Å². The van der Waals surface area contributed by atoms with Crippen molar-refractivity contribution >= 4 is 23.8 Å². The number of halogens is 9. The Labute approximate surface area is 253 Å². The second-order valence-electron chi connectivity index (χ2n) is 9.32. The number of amides is 1. The van der Waals surface area contributed by atoms with Crippen LogP contribution in [0.4, 0.5) is 39.5 Å². The molecule has 1 fully saturated rings. The molecule has 0 aliphatic carbocycles. The van der Waals surface area contributed by atoms with Crippen LogP contribution in [-0.2, 0) is 33.9 Å². The first-order chi connectivity index (χ1) is 21.0. The summed E-state index contributed by atoms with van der Waals surface area (Å²) in [6.45, 7) is 5.94. The first kappa shape index (κ1) is 39.6. The Balaban J connectivity index is 0.000000413. The van der Waals surface area contributed by atoms with E-state index >= 15 is 0 Å². The number of nitrogens with one attached hydrogen (secondary N) is 1. The monoisotopic (exact) mass is 682 g/mol. The van der Waals surface area contributed by atoms with E-state index in [2.05, 4.69) is 32.0 Å². The summed E-state index contributed by atoms with van der Waals surface area (Å²) in [6, 6.07) is 5.99. The lowest BCUT2D eigenvalue weighted by Gasteiger charge is -2.32. The highest BCUT2D eigenvalue weighted by Crippen LogP contribution is 2.23. The van der Waals surface area contributed by atoms with E-state index in [-0.39, 0.29) is 5.91 Å². The van der Waals surface area contributed by atoms with E-state index in [1.807, 2.05) is 29.3 Å². The highest BCUT2D eigenvalue weighted by Gasteiger charge is 2.39. The van der Waals surface area contributed by atoms with Gasteiger partial charge in [-0.15, -0.1) is 0 Å². The zero-order valence-electron chi connectivity index (χ0n) is 23.6. The lowest BCUT2D eigenvalue weighted by atomic mass is 10.0. The second-order valence-corrected chi connectivity index (χ2v) is 9.32. The van der Waals surface area contributed by atoms with Gasteiger partial charge in [0.1, 0.15) is 0 Å². The Morgan fingerprint density at radius 1 is 0.804 bits per heavy atom. The van der Waals surface area contributed by atoms with Crippen molar-refractivity contribution in [1.82, 2.24) is 29.9 Å². The van der Waals surface area contributed by atoms with Gasteiger partial charge in [0, 0.05) is 57.6 Å². The number of hydrogen-bond acceptors (Lipinski definition) is 8. The quantitative estimate of drug-likeness (QED) is 0.350. The average Bonchev–Trinajstić information content (AvgIpc) is 3.36. The molecule has 22 heteroatoms. The van der Waals surface area contributed by atoms with Crippen LogP contribution in [0.1, 0.15) is 27.4 Å². The summed E-state index contributed by atoms with van der Waals surface area (Å²) in [6.07, 6.45) is -12.6. The van der Waals surface area contributed by atoms with E-state index in [1.54, 1.807) is 0 Å². The Kier molecular flexibility index (Phi) is 14.4. The first-order valence-corrected chi connectivity index (χ1v) is 12.6. The number of aromatic amines is 1. The topological polar surface area (TPSA) is 180 Å². The number of fused-ring (bicyclic) bond motifs is 1. The van der Waals surface area contributed by atoms with Crippen LogP contribution in [0.5, 0.6) is 0 Å². The number of pyridine rings is 1.